The zero-order valence-electron chi connectivity index (χ0n) is 23.2. The first-order chi connectivity index (χ1) is 16.1. The number of aliphatic hydroxyl groups excluding tert-OH is 1. The highest BCUT2D eigenvalue weighted by molar-refractivity contribution is 5.75. The molecule has 0 aromatic rings. The zero-order valence-corrected chi connectivity index (χ0v) is 23.2. The Labute approximate surface area is 212 Å². The monoisotopic (exact) mass is 490 g/mol. The van der Waals surface area contributed by atoms with Gasteiger partial charge in [0.1, 0.15) is 0 Å². The summed E-state index contributed by atoms with van der Waals surface area (Å²) in [6.07, 6.45) is 8.30. The average Bonchev–Trinajstić information content (AvgIpc) is 3.14. The average molecular weight is 491 g/mol. The van der Waals surface area contributed by atoms with Crippen LogP contribution in [0.3, 0.4) is 0 Å². The maximum absolute atomic E-state index is 12.3. The van der Waals surface area contributed by atoms with Gasteiger partial charge in [0.15, 0.2) is 0 Å². The molecule has 0 saturated heterocycles. The van der Waals surface area contributed by atoms with Crippen molar-refractivity contribution in [2.24, 2.45) is 62.6 Å². The van der Waals surface area contributed by atoms with Crippen LogP contribution < -0.4 is 0 Å². The van der Waals surface area contributed by atoms with E-state index >= 15 is 0 Å². The molecule has 0 bridgehead atoms. The first kappa shape index (κ1) is 26.9. The van der Waals surface area contributed by atoms with Crippen molar-refractivity contribution in [3.8, 4) is 0 Å². The number of aliphatic hydroxyl groups is 1. The lowest BCUT2D eigenvalue weighted by Gasteiger charge is -2.71. The van der Waals surface area contributed by atoms with Gasteiger partial charge in [-0.1, -0.05) is 34.6 Å². The third-order valence-electron chi connectivity index (χ3n) is 13.0. The number of carbonyl (C=O) groups is 2. The standard InChI is InChI=1S/C30H50O5/c1-18(2)19-10-13-30(17-31)15-14-28(6)20(24(19)30)8-9-22-27(5,16-23(32)33)21(11-12-29(22,28)7)26(3,4)25(34)35/h18-22,24,31H,8-17H2,1-7H3,(H,32,33)(H,34,35)/t19?,20?,21?,22-,24?,27+,28-,29-,30-/m1/s1. The molecular formula is C30H50O5. The quantitative estimate of drug-likeness (QED) is 0.396. The van der Waals surface area contributed by atoms with Crippen molar-refractivity contribution in [3.63, 3.8) is 0 Å². The van der Waals surface area contributed by atoms with E-state index in [-0.39, 0.29) is 34.5 Å². The summed E-state index contributed by atoms with van der Waals surface area (Å²) in [6, 6.07) is 0. The topological polar surface area (TPSA) is 94.8 Å². The molecule has 3 N–H and O–H groups in total. The van der Waals surface area contributed by atoms with Crippen LogP contribution in [-0.2, 0) is 9.59 Å². The largest absolute Gasteiger partial charge is 0.481 e. The zero-order chi connectivity index (χ0) is 26.2. The Morgan fingerprint density at radius 2 is 1.57 bits per heavy atom. The minimum Gasteiger partial charge on any atom is -0.481 e. The second-order valence-corrected chi connectivity index (χ2v) is 14.8. The van der Waals surface area contributed by atoms with Gasteiger partial charge in [0.25, 0.3) is 0 Å². The van der Waals surface area contributed by atoms with Crippen molar-refractivity contribution < 1.29 is 24.9 Å². The summed E-state index contributed by atoms with van der Waals surface area (Å²) in [6.45, 7) is 15.6. The molecule has 5 heteroatoms. The van der Waals surface area contributed by atoms with Gasteiger partial charge >= 0.3 is 11.9 Å². The Kier molecular flexibility index (Phi) is 6.52. The first-order valence-electron chi connectivity index (χ1n) is 14.2. The van der Waals surface area contributed by atoms with Gasteiger partial charge in [-0.15, -0.1) is 0 Å². The van der Waals surface area contributed by atoms with E-state index in [9.17, 15) is 24.9 Å². The van der Waals surface area contributed by atoms with Crippen molar-refractivity contribution in [3.05, 3.63) is 0 Å². The van der Waals surface area contributed by atoms with Gasteiger partial charge in [0.2, 0.25) is 0 Å². The van der Waals surface area contributed by atoms with E-state index in [1.807, 2.05) is 0 Å². The predicted octanol–water partition coefficient (Wildman–Crippen LogP) is 6.48. The maximum atomic E-state index is 12.3. The molecule has 4 saturated carbocycles. The van der Waals surface area contributed by atoms with Gasteiger partial charge in [-0.3, -0.25) is 9.59 Å². The molecule has 4 aliphatic carbocycles. The van der Waals surface area contributed by atoms with Gasteiger partial charge in [0, 0.05) is 6.61 Å². The lowest BCUT2D eigenvalue weighted by molar-refractivity contribution is -0.236. The molecule has 5 nitrogen and oxygen atoms in total. The normalized spacial score (nSPS) is 47.6. The summed E-state index contributed by atoms with van der Waals surface area (Å²) in [5, 5.41) is 30.8. The van der Waals surface area contributed by atoms with Crippen molar-refractivity contribution in [2.45, 2.75) is 106 Å². The highest BCUT2D eigenvalue weighted by atomic mass is 16.4. The van der Waals surface area contributed by atoms with E-state index in [1.54, 1.807) is 13.8 Å². The SMILES string of the molecule is CC(C)C1CC[C@]2(CO)CC[C@]3(C)C(CC[C@@H]4[C@@](C)(CC(=O)O)C(C(C)(C)C(=O)O)CC[C@]43C)C12. The molecule has 4 unspecified atom stereocenters. The summed E-state index contributed by atoms with van der Waals surface area (Å²) in [7, 11) is 0. The minimum absolute atomic E-state index is 0.0308. The van der Waals surface area contributed by atoms with E-state index in [0.717, 1.165) is 44.9 Å². The van der Waals surface area contributed by atoms with E-state index in [1.165, 1.54) is 6.42 Å². The van der Waals surface area contributed by atoms with E-state index < -0.39 is 22.8 Å². The summed E-state index contributed by atoms with van der Waals surface area (Å²) >= 11 is 0. The first-order valence-corrected chi connectivity index (χ1v) is 14.2. The number of fused-ring (bicyclic) bond motifs is 5. The van der Waals surface area contributed by atoms with Crippen molar-refractivity contribution in [1.82, 2.24) is 0 Å². The van der Waals surface area contributed by atoms with Crippen LogP contribution in [0.15, 0.2) is 0 Å². The van der Waals surface area contributed by atoms with Crippen LogP contribution in [0, 0.1) is 62.6 Å². The number of rotatable bonds is 6. The van der Waals surface area contributed by atoms with Crippen LogP contribution in [0.25, 0.3) is 0 Å². The molecule has 0 amide bonds. The summed E-state index contributed by atoms with van der Waals surface area (Å²) in [4.78, 5) is 24.6. The van der Waals surface area contributed by atoms with Crippen molar-refractivity contribution in [2.75, 3.05) is 6.61 Å². The Morgan fingerprint density at radius 3 is 2.11 bits per heavy atom. The molecule has 9 atom stereocenters. The van der Waals surface area contributed by atoms with Gasteiger partial charge in [0.05, 0.1) is 11.8 Å². The van der Waals surface area contributed by atoms with E-state index in [2.05, 4.69) is 34.6 Å². The number of carboxylic acid groups (broad SMARTS) is 2. The summed E-state index contributed by atoms with van der Waals surface area (Å²) in [5.41, 5.74) is -1.43. The second kappa shape index (κ2) is 8.46. The smallest absolute Gasteiger partial charge is 0.309 e. The van der Waals surface area contributed by atoms with Crippen LogP contribution in [0.2, 0.25) is 0 Å². The molecular weight excluding hydrogens is 440 g/mol. The molecule has 4 rings (SSSR count). The fourth-order valence-corrected chi connectivity index (χ4v) is 11.1. The molecule has 0 aromatic carbocycles. The molecule has 0 radical (unpaired) electrons. The molecule has 35 heavy (non-hydrogen) atoms. The lowest BCUT2D eigenvalue weighted by atomic mass is 9.33. The van der Waals surface area contributed by atoms with Gasteiger partial charge in [-0.25, -0.2) is 0 Å². The number of hydrogen-bond acceptors (Lipinski definition) is 3. The highest BCUT2D eigenvalue weighted by Crippen LogP contribution is 2.76. The Morgan fingerprint density at radius 1 is 0.914 bits per heavy atom. The third kappa shape index (κ3) is 3.56. The second-order valence-electron chi connectivity index (χ2n) is 14.8. The lowest BCUT2D eigenvalue weighted by Crippen LogP contribution is -2.65. The van der Waals surface area contributed by atoms with E-state index in [4.69, 9.17) is 0 Å². The molecule has 4 aliphatic rings. The van der Waals surface area contributed by atoms with Crippen LogP contribution in [0.5, 0.6) is 0 Å². The maximum Gasteiger partial charge on any atom is 0.309 e. The van der Waals surface area contributed by atoms with Gasteiger partial charge in [-0.2, -0.15) is 0 Å². The molecule has 0 aliphatic heterocycles. The van der Waals surface area contributed by atoms with Crippen molar-refractivity contribution in [1.29, 1.82) is 0 Å². The highest BCUT2D eigenvalue weighted by Gasteiger charge is 2.70. The fraction of sp³-hybridized carbons (Fsp3) is 0.933. The Hall–Kier alpha value is -1.10. The Bertz CT molecular complexity index is 865. The van der Waals surface area contributed by atoms with Crippen molar-refractivity contribution >= 4 is 11.9 Å². The predicted molar refractivity (Wildman–Crippen MR) is 137 cm³/mol. The van der Waals surface area contributed by atoms with Crippen LogP contribution in [0.1, 0.15) is 106 Å². The fourth-order valence-electron chi connectivity index (χ4n) is 11.1. The molecule has 0 spiro atoms. The molecule has 0 aromatic heterocycles. The van der Waals surface area contributed by atoms with E-state index in [0.29, 0.717) is 30.3 Å². The van der Waals surface area contributed by atoms with Crippen LogP contribution in [0.4, 0.5) is 0 Å². The van der Waals surface area contributed by atoms with Gasteiger partial charge < -0.3 is 15.3 Å². The number of carboxylic acids is 2. The Balaban J connectivity index is 1.79. The summed E-state index contributed by atoms with van der Waals surface area (Å²) < 4.78 is 0. The number of aliphatic carboxylic acids is 2. The molecule has 0 heterocycles. The number of hydrogen-bond donors (Lipinski definition) is 3. The minimum atomic E-state index is -0.962. The molecule has 4 fully saturated rings. The van der Waals surface area contributed by atoms with Crippen LogP contribution in [-0.4, -0.2) is 33.9 Å². The molecule has 200 valence electrons. The van der Waals surface area contributed by atoms with Gasteiger partial charge in [-0.05, 0) is 122 Å². The van der Waals surface area contributed by atoms with Crippen LogP contribution >= 0.6 is 0 Å². The summed E-state index contributed by atoms with van der Waals surface area (Å²) in [5.74, 6) is 0.695. The third-order valence-corrected chi connectivity index (χ3v) is 13.0.